The van der Waals surface area contributed by atoms with Crippen molar-refractivity contribution in [3.05, 3.63) is 65.2 Å². The average Bonchev–Trinajstić information content (AvgIpc) is 3.21. The van der Waals surface area contributed by atoms with E-state index in [4.69, 9.17) is 4.74 Å². The zero-order valence-corrected chi connectivity index (χ0v) is 20.7. The van der Waals surface area contributed by atoms with Gasteiger partial charge in [-0.1, -0.05) is 42.5 Å². The third-order valence-corrected chi connectivity index (χ3v) is 5.60. The van der Waals surface area contributed by atoms with Gasteiger partial charge in [-0.25, -0.2) is 0 Å². The molecular formula is C24H35IN4O. The fourth-order valence-electron chi connectivity index (χ4n) is 3.85. The maximum atomic E-state index is 5.49. The van der Waals surface area contributed by atoms with Crippen molar-refractivity contribution in [2.45, 2.75) is 26.3 Å². The highest BCUT2D eigenvalue weighted by molar-refractivity contribution is 14.0. The normalized spacial score (nSPS) is 16.8. The number of rotatable bonds is 8. The lowest BCUT2D eigenvalue weighted by Gasteiger charge is -2.18. The van der Waals surface area contributed by atoms with Gasteiger partial charge < -0.3 is 20.3 Å². The first kappa shape index (κ1) is 24.5. The Kier molecular flexibility index (Phi) is 10.4. The monoisotopic (exact) mass is 522 g/mol. The topological polar surface area (TPSA) is 48.9 Å². The van der Waals surface area contributed by atoms with Crippen molar-refractivity contribution in [3.63, 3.8) is 0 Å². The molecule has 1 atom stereocenters. The molecular weight excluding hydrogens is 487 g/mol. The number of nitrogens with one attached hydrogen (secondary N) is 2. The number of likely N-dealkylation sites (tertiary alicyclic amines) is 1. The minimum atomic E-state index is 0. The lowest BCUT2D eigenvalue weighted by Crippen LogP contribution is -2.40. The van der Waals surface area contributed by atoms with E-state index in [2.05, 4.69) is 76.0 Å². The van der Waals surface area contributed by atoms with Crippen molar-refractivity contribution >= 4 is 29.9 Å². The molecule has 1 saturated heterocycles. The first-order chi connectivity index (χ1) is 14.2. The maximum absolute atomic E-state index is 5.49. The second-order valence-electron chi connectivity index (χ2n) is 7.81. The second kappa shape index (κ2) is 12.8. The standard InChI is InChI=1S/C24H34N4O.HI/c1-19-9-10-22(23(15-19)29-3)17-27-24(25-2)26-16-21-12-14-28(18-21)13-11-20-7-5-4-6-8-20;/h4-10,15,21H,11-14,16-18H2,1-3H3,(H2,25,26,27);1H. The number of guanidine groups is 1. The van der Waals surface area contributed by atoms with Crippen LogP contribution in [-0.4, -0.2) is 51.2 Å². The highest BCUT2D eigenvalue weighted by Gasteiger charge is 2.22. The number of benzene rings is 2. The molecule has 0 bridgehead atoms. The molecule has 1 unspecified atom stereocenters. The Morgan fingerprint density at radius 3 is 2.70 bits per heavy atom. The van der Waals surface area contributed by atoms with E-state index >= 15 is 0 Å². The van der Waals surface area contributed by atoms with Gasteiger partial charge in [0.2, 0.25) is 0 Å². The number of hydrogen-bond donors (Lipinski definition) is 2. The molecule has 0 aromatic heterocycles. The molecule has 0 aliphatic carbocycles. The zero-order valence-electron chi connectivity index (χ0n) is 18.4. The van der Waals surface area contributed by atoms with Gasteiger partial charge in [0, 0.05) is 38.8 Å². The van der Waals surface area contributed by atoms with Crippen LogP contribution >= 0.6 is 24.0 Å². The van der Waals surface area contributed by atoms with Gasteiger partial charge in [0.1, 0.15) is 5.75 Å². The number of halogens is 1. The maximum Gasteiger partial charge on any atom is 0.191 e. The van der Waals surface area contributed by atoms with Crippen molar-refractivity contribution in [1.29, 1.82) is 0 Å². The summed E-state index contributed by atoms with van der Waals surface area (Å²) < 4.78 is 5.49. The van der Waals surface area contributed by atoms with Gasteiger partial charge in [0.05, 0.1) is 7.11 Å². The predicted molar refractivity (Wildman–Crippen MR) is 136 cm³/mol. The molecule has 5 nitrogen and oxygen atoms in total. The number of methoxy groups -OCH3 is 1. The fourth-order valence-corrected chi connectivity index (χ4v) is 3.85. The molecule has 1 aliphatic rings. The van der Waals surface area contributed by atoms with E-state index < -0.39 is 0 Å². The Balaban J connectivity index is 0.00000320. The lowest BCUT2D eigenvalue weighted by atomic mass is 10.1. The molecule has 2 N–H and O–H groups in total. The number of ether oxygens (including phenoxy) is 1. The van der Waals surface area contributed by atoms with Crippen LogP contribution in [0.25, 0.3) is 0 Å². The van der Waals surface area contributed by atoms with Crippen molar-refractivity contribution in [2.24, 2.45) is 10.9 Å². The Labute approximate surface area is 198 Å². The number of hydrogen-bond acceptors (Lipinski definition) is 3. The van der Waals surface area contributed by atoms with E-state index in [1.54, 1.807) is 7.11 Å². The Morgan fingerprint density at radius 1 is 1.17 bits per heavy atom. The van der Waals surface area contributed by atoms with E-state index in [1.807, 2.05) is 7.05 Å². The van der Waals surface area contributed by atoms with Gasteiger partial charge in [0.25, 0.3) is 0 Å². The van der Waals surface area contributed by atoms with Crippen LogP contribution < -0.4 is 15.4 Å². The third kappa shape index (κ3) is 7.47. The SMILES string of the molecule is CN=C(NCc1ccc(C)cc1OC)NCC1CCN(CCc2ccccc2)C1.I. The van der Waals surface area contributed by atoms with Gasteiger partial charge in [-0.3, -0.25) is 4.99 Å². The molecule has 0 amide bonds. The lowest BCUT2D eigenvalue weighted by molar-refractivity contribution is 0.328. The molecule has 1 aliphatic heterocycles. The smallest absolute Gasteiger partial charge is 0.191 e. The molecule has 6 heteroatoms. The number of aliphatic imine (C=N–C) groups is 1. The van der Waals surface area contributed by atoms with Crippen LogP contribution in [-0.2, 0) is 13.0 Å². The minimum Gasteiger partial charge on any atom is -0.496 e. The third-order valence-electron chi connectivity index (χ3n) is 5.60. The molecule has 2 aromatic rings. The number of nitrogens with zero attached hydrogens (tertiary/aromatic N) is 2. The van der Waals surface area contributed by atoms with Gasteiger partial charge in [-0.05, 0) is 49.4 Å². The van der Waals surface area contributed by atoms with Gasteiger partial charge >= 0.3 is 0 Å². The Bertz CT molecular complexity index is 797. The van der Waals surface area contributed by atoms with Crippen molar-refractivity contribution < 1.29 is 4.74 Å². The zero-order chi connectivity index (χ0) is 20.5. The molecule has 0 radical (unpaired) electrons. The summed E-state index contributed by atoms with van der Waals surface area (Å²) in [5, 5.41) is 6.90. The van der Waals surface area contributed by atoms with Gasteiger partial charge in [0.15, 0.2) is 5.96 Å². The van der Waals surface area contributed by atoms with E-state index in [9.17, 15) is 0 Å². The van der Waals surface area contributed by atoms with E-state index in [0.717, 1.165) is 43.3 Å². The molecule has 164 valence electrons. The van der Waals surface area contributed by atoms with E-state index in [1.165, 1.54) is 24.1 Å². The molecule has 1 heterocycles. The van der Waals surface area contributed by atoms with Gasteiger partial charge in [-0.2, -0.15) is 0 Å². The molecule has 0 spiro atoms. The van der Waals surface area contributed by atoms with Crippen molar-refractivity contribution in [3.8, 4) is 5.75 Å². The predicted octanol–water partition coefficient (Wildman–Crippen LogP) is 3.85. The van der Waals surface area contributed by atoms with Crippen molar-refractivity contribution in [2.75, 3.05) is 40.3 Å². The first-order valence-corrected chi connectivity index (χ1v) is 10.5. The average molecular weight is 522 g/mol. The summed E-state index contributed by atoms with van der Waals surface area (Å²) in [4.78, 5) is 6.95. The summed E-state index contributed by atoms with van der Waals surface area (Å²) in [6.45, 7) is 7.20. The molecule has 3 rings (SSSR count). The molecule has 30 heavy (non-hydrogen) atoms. The highest BCUT2D eigenvalue weighted by atomic mass is 127. The van der Waals surface area contributed by atoms with Crippen molar-refractivity contribution in [1.82, 2.24) is 15.5 Å². The summed E-state index contributed by atoms with van der Waals surface area (Å²) in [6, 6.07) is 17.0. The minimum absolute atomic E-state index is 0. The van der Waals surface area contributed by atoms with E-state index in [0.29, 0.717) is 12.5 Å². The summed E-state index contributed by atoms with van der Waals surface area (Å²) in [7, 11) is 3.54. The number of aryl methyl sites for hydroxylation is 1. The largest absolute Gasteiger partial charge is 0.496 e. The second-order valence-corrected chi connectivity index (χ2v) is 7.81. The quantitative estimate of drug-likeness (QED) is 0.314. The van der Waals surface area contributed by atoms with Crippen LogP contribution in [0.2, 0.25) is 0 Å². The van der Waals surface area contributed by atoms with Crippen LogP contribution in [0.15, 0.2) is 53.5 Å². The van der Waals surface area contributed by atoms with E-state index in [-0.39, 0.29) is 24.0 Å². The van der Waals surface area contributed by atoms with Crippen LogP contribution in [0.4, 0.5) is 0 Å². The summed E-state index contributed by atoms with van der Waals surface area (Å²) in [6.07, 6.45) is 2.37. The Hall–Kier alpha value is -1.80. The fraction of sp³-hybridized carbons (Fsp3) is 0.458. The van der Waals surface area contributed by atoms with Crippen LogP contribution in [0.1, 0.15) is 23.1 Å². The Morgan fingerprint density at radius 2 is 1.97 bits per heavy atom. The highest BCUT2D eigenvalue weighted by Crippen LogP contribution is 2.19. The van der Waals surface area contributed by atoms with Crippen LogP contribution in [0.5, 0.6) is 5.75 Å². The van der Waals surface area contributed by atoms with Gasteiger partial charge in [-0.15, -0.1) is 24.0 Å². The summed E-state index contributed by atoms with van der Waals surface area (Å²) >= 11 is 0. The molecule has 2 aromatic carbocycles. The summed E-state index contributed by atoms with van der Waals surface area (Å²) in [5.74, 6) is 2.42. The van der Waals surface area contributed by atoms with Crippen LogP contribution in [0, 0.1) is 12.8 Å². The van der Waals surface area contributed by atoms with Crippen LogP contribution in [0.3, 0.4) is 0 Å². The molecule has 0 saturated carbocycles. The summed E-state index contributed by atoms with van der Waals surface area (Å²) in [5.41, 5.74) is 3.75. The first-order valence-electron chi connectivity index (χ1n) is 10.5. The molecule has 1 fully saturated rings.